The Morgan fingerprint density at radius 3 is 2.85 bits per heavy atom. The number of anilines is 2. The van der Waals surface area contributed by atoms with E-state index in [0.29, 0.717) is 11.9 Å². The summed E-state index contributed by atoms with van der Waals surface area (Å²) in [5.41, 5.74) is 5.54. The number of rotatable bonds is 2. The molecule has 1 aromatic heterocycles. The molecule has 3 N–H and O–H groups in total. The van der Waals surface area contributed by atoms with Crippen LogP contribution in [0.25, 0.3) is 0 Å². The summed E-state index contributed by atoms with van der Waals surface area (Å²) in [7, 11) is 0. The van der Waals surface area contributed by atoms with E-state index in [2.05, 4.69) is 23.5 Å². The molecule has 0 bridgehead atoms. The first-order valence-corrected chi connectivity index (χ1v) is 5.43. The minimum Gasteiger partial charge on any atom is -0.383 e. The first kappa shape index (κ1) is 8.81. The van der Waals surface area contributed by atoms with Crippen LogP contribution in [0.15, 0.2) is 6.07 Å². The largest absolute Gasteiger partial charge is 0.383 e. The minimum atomic E-state index is 0.618. The predicted octanol–water partition coefficient (Wildman–Crippen LogP) is 2.18. The first-order chi connectivity index (χ1) is 6.16. The molecule has 13 heavy (non-hydrogen) atoms. The average Bonchev–Trinajstić information content (AvgIpc) is 2.50. The third-order valence-corrected chi connectivity index (χ3v) is 3.75. The van der Waals surface area contributed by atoms with E-state index in [0.717, 1.165) is 16.8 Å². The van der Waals surface area contributed by atoms with Gasteiger partial charge in [0.2, 0.25) is 0 Å². The molecule has 2 rings (SSSR count). The molecule has 0 amide bonds. The van der Waals surface area contributed by atoms with Crippen molar-refractivity contribution in [2.75, 3.05) is 11.1 Å². The standard InChI is InChI=1S/C9H15N3S/c1-5-3-7(6(5)2)11-9-4-8(10)12-13-9/h4-7,11H,3H2,1-2H3,(H2,10,12). The predicted molar refractivity (Wildman–Crippen MR) is 56.9 cm³/mol. The van der Waals surface area contributed by atoms with Gasteiger partial charge >= 0.3 is 0 Å². The number of aromatic nitrogens is 1. The van der Waals surface area contributed by atoms with Crippen LogP contribution in [0, 0.1) is 11.8 Å². The molecule has 0 saturated heterocycles. The van der Waals surface area contributed by atoms with Gasteiger partial charge in [-0.1, -0.05) is 13.8 Å². The fourth-order valence-corrected chi connectivity index (χ4v) is 2.39. The Morgan fingerprint density at radius 1 is 1.62 bits per heavy atom. The van der Waals surface area contributed by atoms with Crippen molar-refractivity contribution in [3.8, 4) is 0 Å². The maximum atomic E-state index is 5.54. The fraction of sp³-hybridized carbons (Fsp3) is 0.667. The topological polar surface area (TPSA) is 50.9 Å². The molecule has 0 aliphatic heterocycles. The van der Waals surface area contributed by atoms with E-state index in [4.69, 9.17) is 5.73 Å². The number of hydrogen-bond acceptors (Lipinski definition) is 4. The van der Waals surface area contributed by atoms with Gasteiger partial charge in [0.15, 0.2) is 0 Å². The van der Waals surface area contributed by atoms with Crippen LogP contribution < -0.4 is 11.1 Å². The molecule has 0 radical (unpaired) electrons. The van der Waals surface area contributed by atoms with Crippen LogP contribution in [0.3, 0.4) is 0 Å². The van der Waals surface area contributed by atoms with Gasteiger partial charge < -0.3 is 11.1 Å². The molecule has 3 atom stereocenters. The highest BCUT2D eigenvalue weighted by molar-refractivity contribution is 7.10. The minimum absolute atomic E-state index is 0.618. The number of hydrogen-bond donors (Lipinski definition) is 2. The van der Waals surface area contributed by atoms with E-state index < -0.39 is 0 Å². The van der Waals surface area contributed by atoms with Crippen molar-refractivity contribution in [3.63, 3.8) is 0 Å². The Bertz CT molecular complexity index is 297. The molecule has 3 unspecified atom stereocenters. The zero-order valence-corrected chi connectivity index (χ0v) is 8.77. The Kier molecular flexibility index (Phi) is 2.15. The van der Waals surface area contributed by atoms with Crippen LogP contribution in [-0.2, 0) is 0 Å². The fourth-order valence-electron chi connectivity index (χ4n) is 1.76. The second-order valence-electron chi connectivity index (χ2n) is 3.94. The highest BCUT2D eigenvalue weighted by atomic mass is 32.1. The van der Waals surface area contributed by atoms with Crippen molar-refractivity contribution in [3.05, 3.63) is 6.07 Å². The van der Waals surface area contributed by atoms with E-state index in [1.54, 1.807) is 0 Å². The maximum absolute atomic E-state index is 5.54. The Labute approximate surface area is 82.5 Å². The molecule has 4 heteroatoms. The summed E-state index contributed by atoms with van der Waals surface area (Å²) in [6.45, 7) is 4.58. The highest BCUT2D eigenvalue weighted by Gasteiger charge is 2.34. The molecule has 0 aromatic carbocycles. The number of nitrogens with two attached hydrogens (primary N) is 1. The quantitative estimate of drug-likeness (QED) is 0.764. The Balaban J connectivity index is 1.93. The monoisotopic (exact) mass is 197 g/mol. The lowest BCUT2D eigenvalue weighted by Crippen LogP contribution is -2.43. The molecule has 1 aromatic rings. The van der Waals surface area contributed by atoms with Crippen molar-refractivity contribution in [1.82, 2.24) is 4.37 Å². The van der Waals surface area contributed by atoms with E-state index in [1.807, 2.05) is 6.07 Å². The molecule has 0 spiro atoms. The van der Waals surface area contributed by atoms with E-state index in [1.165, 1.54) is 18.0 Å². The van der Waals surface area contributed by atoms with Gasteiger partial charge in [-0.25, -0.2) is 0 Å². The zero-order chi connectivity index (χ0) is 9.42. The lowest BCUT2D eigenvalue weighted by molar-refractivity contribution is 0.189. The lowest BCUT2D eigenvalue weighted by atomic mass is 9.71. The summed E-state index contributed by atoms with van der Waals surface area (Å²) in [5.74, 6) is 2.23. The summed E-state index contributed by atoms with van der Waals surface area (Å²) in [5, 5.41) is 4.55. The van der Waals surface area contributed by atoms with Gasteiger partial charge in [-0.05, 0) is 29.8 Å². The van der Waals surface area contributed by atoms with E-state index in [-0.39, 0.29) is 0 Å². The second kappa shape index (κ2) is 3.18. The average molecular weight is 197 g/mol. The third-order valence-electron chi connectivity index (χ3n) is 3.01. The Hall–Kier alpha value is -0.770. The van der Waals surface area contributed by atoms with Crippen LogP contribution in [-0.4, -0.2) is 10.4 Å². The van der Waals surface area contributed by atoms with Gasteiger partial charge in [0.25, 0.3) is 0 Å². The van der Waals surface area contributed by atoms with Crippen molar-refractivity contribution >= 4 is 22.4 Å². The normalized spacial score (nSPS) is 32.6. The van der Waals surface area contributed by atoms with Gasteiger partial charge in [-0.2, -0.15) is 4.37 Å². The molecule has 1 fully saturated rings. The van der Waals surface area contributed by atoms with E-state index in [9.17, 15) is 0 Å². The van der Waals surface area contributed by atoms with Crippen LogP contribution in [0.1, 0.15) is 20.3 Å². The molecule has 1 aliphatic carbocycles. The smallest absolute Gasteiger partial charge is 0.139 e. The highest BCUT2D eigenvalue weighted by Crippen LogP contribution is 2.36. The number of nitrogen functional groups attached to an aromatic ring is 1. The van der Waals surface area contributed by atoms with Crippen LogP contribution in [0.5, 0.6) is 0 Å². The number of nitrogens with zero attached hydrogens (tertiary/aromatic N) is 1. The summed E-state index contributed by atoms with van der Waals surface area (Å²) >= 11 is 1.44. The Morgan fingerprint density at radius 2 is 2.38 bits per heavy atom. The summed E-state index contributed by atoms with van der Waals surface area (Å²) in [4.78, 5) is 0. The molecule has 3 nitrogen and oxygen atoms in total. The molecular formula is C9H15N3S. The van der Waals surface area contributed by atoms with Gasteiger partial charge in [0, 0.05) is 12.1 Å². The SMILES string of the molecule is CC1CC(Nc2cc(N)ns2)C1C. The van der Waals surface area contributed by atoms with Crippen molar-refractivity contribution in [2.45, 2.75) is 26.3 Å². The van der Waals surface area contributed by atoms with Crippen molar-refractivity contribution in [1.29, 1.82) is 0 Å². The zero-order valence-electron chi connectivity index (χ0n) is 7.95. The van der Waals surface area contributed by atoms with Gasteiger partial charge in [-0.15, -0.1) is 0 Å². The number of nitrogens with one attached hydrogen (secondary N) is 1. The summed E-state index contributed by atoms with van der Waals surface area (Å²) in [6.07, 6.45) is 1.26. The molecule has 1 saturated carbocycles. The lowest BCUT2D eigenvalue weighted by Gasteiger charge is -2.41. The van der Waals surface area contributed by atoms with E-state index >= 15 is 0 Å². The first-order valence-electron chi connectivity index (χ1n) is 4.65. The van der Waals surface area contributed by atoms with Crippen LogP contribution in [0.4, 0.5) is 10.8 Å². The molecule has 1 aliphatic rings. The summed E-state index contributed by atoms with van der Waals surface area (Å²) in [6, 6.07) is 2.52. The summed E-state index contributed by atoms with van der Waals surface area (Å²) < 4.78 is 4.03. The molecule has 72 valence electrons. The third kappa shape index (κ3) is 1.63. The van der Waals surface area contributed by atoms with Crippen LogP contribution in [0.2, 0.25) is 0 Å². The van der Waals surface area contributed by atoms with Gasteiger partial charge in [0.05, 0.1) is 0 Å². The molecular weight excluding hydrogens is 182 g/mol. The van der Waals surface area contributed by atoms with Crippen LogP contribution >= 0.6 is 11.5 Å². The second-order valence-corrected chi connectivity index (χ2v) is 4.74. The van der Waals surface area contributed by atoms with Crippen molar-refractivity contribution < 1.29 is 0 Å². The maximum Gasteiger partial charge on any atom is 0.139 e. The van der Waals surface area contributed by atoms with Gasteiger partial charge in [0.1, 0.15) is 10.8 Å². The molecule has 1 heterocycles. The van der Waals surface area contributed by atoms with Gasteiger partial charge in [-0.3, -0.25) is 0 Å². The van der Waals surface area contributed by atoms with Crippen molar-refractivity contribution in [2.24, 2.45) is 11.8 Å².